The lowest BCUT2D eigenvalue weighted by atomic mass is 10.1. The number of carbonyl (C=O) groups is 2. The van der Waals surface area contributed by atoms with E-state index in [1.165, 1.54) is 0 Å². The van der Waals surface area contributed by atoms with E-state index in [0.717, 1.165) is 12.8 Å². The van der Waals surface area contributed by atoms with Gasteiger partial charge in [-0.25, -0.2) is 0 Å². The minimum absolute atomic E-state index is 0.0410. The minimum Gasteiger partial charge on any atom is -0.353 e. The fourth-order valence-electron chi connectivity index (χ4n) is 2.37. The van der Waals surface area contributed by atoms with Gasteiger partial charge in [-0.05, 0) is 25.7 Å². The second-order valence-corrected chi connectivity index (χ2v) is 5.43. The molecule has 0 bridgehead atoms. The highest BCUT2D eigenvalue weighted by molar-refractivity contribution is 5.89. The van der Waals surface area contributed by atoms with Crippen molar-refractivity contribution in [1.29, 1.82) is 0 Å². The maximum absolute atomic E-state index is 12.2. The molecule has 108 valence electrons. The maximum Gasteiger partial charge on any atom is 0.406 e. The number of carbonyl (C=O) groups excluding carboxylic acids is 2. The molecule has 0 aromatic heterocycles. The van der Waals surface area contributed by atoms with Crippen LogP contribution in [0, 0.1) is 11.8 Å². The van der Waals surface area contributed by atoms with Crippen LogP contribution >= 0.6 is 0 Å². The Morgan fingerprint density at radius 3 is 2.63 bits per heavy atom. The van der Waals surface area contributed by atoms with Crippen molar-refractivity contribution in [1.82, 2.24) is 10.2 Å². The first kappa shape index (κ1) is 14.1. The van der Waals surface area contributed by atoms with Crippen molar-refractivity contribution >= 4 is 11.8 Å². The number of halogens is 3. The van der Waals surface area contributed by atoms with Gasteiger partial charge in [-0.1, -0.05) is 0 Å². The number of likely N-dealkylation sites (tertiary alicyclic amines) is 1. The Morgan fingerprint density at radius 1 is 1.47 bits per heavy atom. The van der Waals surface area contributed by atoms with Crippen molar-refractivity contribution < 1.29 is 22.8 Å². The lowest BCUT2D eigenvalue weighted by Gasteiger charge is -2.19. The molecule has 0 unspecified atom stereocenters. The van der Waals surface area contributed by atoms with Crippen molar-refractivity contribution in [3.63, 3.8) is 0 Å². The van der Waals surface area contributed by atoms with Gasteiger partial charge in [0.15, 0.2) is 0 Å². The van der Waals surface area contributed by atoms with E-state index in [1.54, 1.807) is 0 Å². The van der Waals surface area contributed by atoms with E-state index < -0.39 is 24.5 Å². The molecule has 19 heavy (non-hydrogen) atoms. The van der Waals surface area contributed by atoms with Gasteiger partial charge < -0.3 is 10.2 Å². The summed E-state index contributed by atoms with van der Waals surface area (Å²) in [5.74, 6) is -1.09. The normalized spacial score (nSPS) is 25.6. The summed E-state index contributed by atoms with van der Waals surface area (Å²) < 4.78 is 36.7. The summed E-state index contributed by atoms with van der Waals surface area (Å²) in [7, 11) is 0. The molecule has 1 aliphatic carbocycles. The molecule has 2 atom stereocenters. The maximum atomic E-state index is 12.2. The molecular weight excluding hydrogens is 261 g/mol. The van der Waals surface area contributed by atoms with Gasteiger partial charge in [-0.3, -0.25) is 9.59 Å². The van der Waals surface area contributed by atoms with E-state index in [4.69, 9.17) is 0 Å². The second kappa shape index (κ2) is 5.02. The van der Waals surface area contributed by atoms with Crippen molar-refractivity contribution in [3.8, 4) is 0 Å². The van der Waals surface area contributed by atoms with E-state index in [-0.39, 0.29) is 24.9 Å². The molecule has 2 amide bonds. The number of amides is 2. The van der Waals surface area contributed by atoms with Gasteiger partial charge in [0.2, 0.25) is 11.8 Å². The largest absolute Gasteiger partial charge is 0.406 e. The Bertz CT molecular complexity index is 380. The molecule has 2 rings (SSSR count). The van der Waals surface area contributed by atoms with E-state index in [9.17, 15) is 22.8 Å². The summed E-state index contributed by atoms with van der Waals surface area (Å²) in [6, 6.07) is 0.0410. The van der Waals surface area contributed by atoms with Gasteiger partial charge in [0.05, 0.1) is 5.92 Å². The van der Waals surface area contributed by atoms with Crippen LogP contribution in [-0.2, 0) is 9.59 Å². The number of hydrogen-bond acceptors (Lipinski definition) is 2. The van der Waals surface area contributed by atoms with E-state index >= 15 is 0 Å². The third-order valence-corrected chi connectivity index (χ3v) is 3.65. The molecule has 1 aliphatic heterocycles. The second-order valence-electron chi connectivity index (χ2n) is 5.43. The quantitative estimate of drug-likeness (QED) is 0.843. The topological polar surface area (TPSA) is 49.4 Å². The van der Waals surface area contributed by atoms with Gasteiger partial charge >= 0.3 is 6.18 Å². The molecule has 1 saturated heterocycles. The van der Waals surface area contributed by atoms with Crippen LogP contribution < -0.4 is 5.32 Å². The van der Waals surface area contributed by atoms with Crippen LogP contribution in [-0.4, -0.2) is 42.0 Å². The van der Waals surface area contributed by atoms with Crippen LogP contribution in [0.3, 0.4) is 0 Å². The molecule has 0 spiro atoms. The Balaban J connectivity index is 1.85. The highest BCUT2D eigenvalue weighted by Crippen LogP contribution is 2.32. The Morgan fingerprint density at radius 2 is 2.11 bits per heavy atom. The highest BCUT2D eigenvalue weighted by atomic mass is 19.4. The van der Waals surface area contributed by atoms with Crippen LogP contribution in [0.2, 0.25) is 0 Å². The summed E-state index contributed by atoms with van der Waals surface area (Å²) in [6.45, 7) is 0.481. The zero-order chi connectivity index (χ0) is 14.2. The average molecular weight is 278 g/mol. The molecule has 1 heterocycles. The van der Waals surface area contributed by atoms with Crippen molar-refractivity contribution in [3.05, 3.63) is 0 Å². The van der Waals surface area contributed by atoms with Gasteiger partial charge in [0.1, 0.15) is 6.54 Å². The molecule has 2 aliphatic rings. The number of nitrogens with one attached hydrogen (secondary N) is 1. The average Bonchev–Trinajstić information content (AvgIpc) is 3.04. The molecule has 0 aromatic carbocycles. The molecule has 0 aromatic rings. The fourth-order valence-corrected chi connectivity index (χ4v) is 2.37. The Kier molecular flexibility index (Phi) is 3.73. The molecule has 2 fully saturated rings. The van der Waals surface area contributed by atoms with Crippen LogP contribution in [0.4, 0.5) is 13.2 Å². The Labute approximate surface area is 109 Å². The van der Waals surface area contributed by atoms with Crippen LogP contribution in [0.5, 0.6) is 0 Å². The van der Waals surface area contributed by atoms with Gasteiger partial charge in [0.25, 0.3) is 0 Å². The van der Waals surface area contributed by atoms with Gasteiger partial charge in [-0.2, -0.15) is 13.2 Å². The first-order chi connectivity index (χ1) is 8.76. The van der Waals surface area contributed by atoms with Crippen LogP contribution in [0.1, 0.15) is 26.2 Å². The molecule has 4 nitrogen and oxygen atoms in total. The van der Waals surface area contributed by atoms with Crippen molar-refractivity contribution in [2.75, 3.05) is 13.1 Å². The summed E-state index contributed by atoms with van der Waals surface area (Å²) in [4.78, 5) is 24.0. The van der Waals surface area contributed by atoms with E-state index in [2.05, 4.69) is 5.32 Å². The SMILES string of the molecule is C[C@@H](NC(=O)[C@@H]1CC(=O)N(CC(F)(F)F)C1)C1CC1. The third kappa shape index (κ3) is 3.84. The summed E-state index contributed by atoms with van der Waals surface area (Å²) in [5, 5.41) is 2.79. The molecule has 7 heteroatoms. The van der Waals surface area contributed by atoms with Crippen molar-refractivity contribution in [2.24, 2.45) is 11.8 Å². The number of hydrogen-bond donors (Lipinski definition) is 1. The summed E-state index contributed by atoms with van der Waals surface area (Å²) in [5.41, 5.74) is 0. The zero-order valence-corrected chi connectivity index (χ0v) is 10.7. The smallest absolute Gasteiger partial charge is 0.353 e. The monoisotopic (exact) mass is 278 g/mol. The van der Waals surface area contributed by atoms with Gasteiger partial charge in [0, 0.05) is 19.0 Å². The first-order valence-corrected chi connectivity index (χ1v) is 6.41. The predicted molar refractivity (Wildman–Crippen MR) is 61.1 cm³/mol. The zero-order valence-electron chi connectivity index (χ0n) is 10.7. The lowest BCUT2D eigenvalue weighted by molar-refractivity contribution is -0.157. The number of alkyl halides is 3. The number of nitrogens with zero attached hydrogens (tertiary/aromatic N) is 1. The van der Waals surface area contributed by atoms with E-state index in [1.807, 2.05) is 6.92 Å². The Hall–Kier alpha value is -1.27. The predicted octanol–water partition coefficient (Wildman–Crippen LogP) is 1.31. The minimum atomic E-state index is -4.41. The van der Waals surface area contributed by atoms with Gasteiger partial charge in [-0.15, -0.1) is 0 Å². The number of rotatable bonds is 4. The summed E-state index contributed by atoms with van der Waals surface area (Å²) >= 11 is 0. The first-order valence-electron chi connectivity index (χ1n) is 6.41. The highest BCUT2D eigenvalue weighted by Gasteiger charge is 2.41. The van der Waals surface area contributed by atoms with Crippen LogP contribution in [0.25, 0.3) is 0 Å². The molecular formula is C12H17F3N2O2. The molecule has 1 saturated carbocycles. The van der Waals surface area contributed by atoms with Crippen LogP contribution in [0.15, 0.2) is 0 Å². The third-order valence-electron chi connectivity index (χ3n) is 3.65. The lowest BCUT2D eigenvalue weighted by Crippen LogP contribution is -2.40. The summed E-state index contributed by atoms with van der Waals surface area (Å²) in [6.07, 6.45) is -2.39. The fraction of sp³-hybridized carbons (Fsp3) is 0.833. The molecule has 1 N–H and O–H groups in total. The van der Waals surface area contributed by atoms with E-state index in [0.29, 0.717) is 10.8 Å². The standard InChI is InChI=1S/C12H17F3N2O2/c1-7(8-2-3-8)16-11(19)9-4-10(18)17(5-9)6-12(13,14)15/h7-9H,2-6H2,1H3,(H,16,19)/t7-,9-/m1/s1. The van der Waals surface area contributed by atoms with Crippen molar-refractivity contribution in [2.45, 2.75) is 38.4 Å². The molecule has 0 radical (unpaired) electrons.